The quantitative estimate of drug-likeness (QED) is 0.858. The van der Waals surface area contributed by atoms with E-state index < -0.39 is 0 Å². The third-order valence-electron chi connectivity index (χ3n) is 3.90. The second-order valence-electron chi connectivity index (χ2n) is 5.15. The zero-order valence-electron chi connectivity index (χ0n) is 12.0. The Morgan fingerprint density at radius 2 is 1.53 bits per heavy atom. The van der Waals surface area contributed by atoms with Crippen LogP contribution < -0.4 is 5.73 Å². The molecule has 19 heavy (non-hydrogen) atoms. The predicted octanol–water partition coefficient (Wildman–Crippen LogP) is 4.19. The molecule has 100 valence electrons. The summed E-state index contributed by atoms with van der Waals surface area (Å²) in [6.07, 6.45) is 0. The summed E-state index contributed by atoms with van der Waals surface area (Å²) in [4.78, 5) is 0. The van der Waals surface area contributed by atoms with Crippen LogP contribution >= 0.6 is 0 Å². The van der Waals surface area contributed by atoms with Crippen molar-refractivity contribution < 1.29 is 4.39 Å². The Bertz CT molecular complexity index is 603. The van der Waals surface area contributed by atoms with E-state index in [0.29, 0.717) is 12.1 Å². The van der Waals surface area contributed by atoms with E-state index in [1.54, 1.807) is 0 Å². The van der Waals surface area contributed by atoms with Crippen LogP contribution in [0.4, 0.5) is 4.39 Å². The monoisotopic (exact) mass is 257 g/mol. The van der Waals surface area contributed by atoms with Gasteiger partial charge in [0, 0.05) is 12.1 Å². The van der Waals surface area contributed by atoms with Crippen LogP contribution in [0.1, 0.15) is 27.8 Å². The van der Waals surface area contributed by atoms with E-state index in [0.717, 1.165) is 22.3 Å². The van der Waals surface area contributed by atoms with Crippen molar-refractivity contribution in [2.75, 3.05) is 0 Å². The van der Waals surface area contributed by atoms with E-state index in [1.807, 2.05) is 26.0 Å². The third kappa shape index (κ3) is 2.41. The van der Waals surface area contributed by atoms with Crippen molar-refractivity contribution in [3.63, 3.8) is 0 Å². The molecule has 0 saturated heterocycles. The lowest BCUT2D eigenvalue weighted by Gasteiger charge is -2.16. The number of halogens is 1. The summed E-state index contributed by atoms with van der Waals surface area (Å²) in [5.41, 5.74) is 12.7. The number of aryl methyl sites for hydroxylation is 2. The Morgan fingerprint density at radius 3 is 2.00 bits per heavy atom. The Morgan fingerprint density at radius 1 is 0.947 bits per heavy atom. The molecule has 2 rings (SSSR count). The van der Waals surface area contributed by atoms with Crippen LogP contribution in [0.2, 0.25) is 0 Å². The number of rotatable bonds is 2. The van der Waals surface area contributed by atoms with Gasteiger partial charge in [-0.15, -0.1) is 0 Å². The first-order valence-electron chi connectivity index (χ1n) is 6.52. The largest absolute Gasteiger partial charge is 0.326 e. The fourth-order valence-corrected chi connectivity index (χ4v) is 2.51. The molecule has 2 aromatic rings. The van der Waals surface area contributed by atoms with Gasteiger partial charge in [0.15, 0.2) is 0 Å². The summed E-state index contributed by atoms with van der Waals surface area (Å²) < 4.78 is 14.3. The van der Waals surface area contributed by atoms with Gasteiger partial charge in [0.1, 0.15) is 5.82 Å². The van der Waals surface area contributed by atoms with Crippen molar-refractivity contribution in [1.82, 2.24) is 0 Å². The minimum atomic E-state index is -0.195. The molecule has 0 aliphatic rings. The average molecular weight is 257 g/mol. The molecule has 2 heteroatoms. The molecule has 0 aromatic heterocycles. The van der Waals surface area contributed by atoms with Gasteiger partial charge in [0.2, 0.25) is 0 Å². The van der Waals surface area contributed by atoms with Crippen LogP contribution in [0.5, 0.6) is 0 Å². The van der Waals surface area contributed by atoms with Crippen molar-refractivity contribution in [3.8, 4) is 11.1 Å². The van der Waals surface area contributed by atoms with Crippen LogP contribution in [0.15, 0.2) is 24.3 Å². The molecule has 0 radical (unpaired) electrons. The van der Waals surface area contributed by atoms with Crippen molar-refractivity contribution in [3.05, 3.63) is 57.9 Å². The average Bonchev–Trinajstić information content (AvgIpc) is 2.38. The maximum absolute atomic E-state index is 14.3. The van der Waals surface area contributed by atoms with Gasteiger partial charge in [-0.05, 0) is 67.1 Å². The number of hydrogen-bond acceptors (Lipinski definition) is 1. The fraction of sp³-hybridized carbons (Fsp3) is 0.294. The highest BCUT2D eigenvalue weighted by atomic mass is 19.1. The second-order valence-corrected chi connectivity index (χ2v) is 5.15. The summed E-state index contributed by atoms with van der Waals surface area (Å²) in [6, 6.07) is 7.42. The van der Waals surface area contributed by atoms with E-state index in [-0.39, 0.29) is 5.82 Å². The molecule has 2 aromatic carbocycles. The molecule has 0 fully saturated rings. The first kappa shape index (κ1) is 13.8. The number of benzene rings is 2. The van der Waals surface area contributed by atoms with Crippen LogP contribution in [-0.4, -0.2) is 0 Å². The Hall–Kier alpha value is -1.67. The van der Waals surface area contributed by atoms with E-state index in [2.05, 4.69) is 19.9 Å². The van der Waals surface area contributed by atoms with Gasteiger partial charge < -0.3 is 5.73 Å². The van der Waals surface area contributed by atoms with Gasteiger partial charge in [-0.3, -0.25) is 0 Å². The van der Waals surface area contributed by atoms with E-state index in [9.17, 15) is 4.39 Å². The lowest BCUT2D eigenvalue weighted by Crippen LogP contribution is -2.00. The van der Waals surface area contributed by atoms with E-state index in [4.69, 9.17) is 5.73 Å². The molecule has 0 amide bonds. The summed E-state index contributed by atoms with van der Waals surface area (Å²) in [5, 5.41) is 0. The summed E-state index contributed by atoms with van der Waals surface area (Å²) in [6.45, 7) is 8.59. The molecular formula is C17H20FN. The molecule has 0 saturated carbocycles. The molecule has 0 atom stereocenters. The molecule has 2 N–H and O–H groups in total. The van der Waals surface area contributed by atoms with Gasteiger partial charge in [0.25, 0.3) is 0 Å². The Labute approximate surface area is 114 Å². The van der Waals surface area contributed by atoms with Crippen molar-refractivity contribution in [2.45, 2.75) is 34.2 Å². The minimum absolute atomic E-state index is 0.195. The van der Waals surface area contributed by atoms with Crippen molar-refractivity contribution in [1.29, 1.82) is 0 Å². The summed E-state index contributed by atoms with van der Waals surface area (Å²) in [5.74, 6) is -0.195. The maximum atomic E-state index is 14.3. The topological polar surface area (TPSA) is 26.0 Å². The lowest BCUT2D eigenvalue weighted by molar-refractivity contribution is 0.628. The van der Waals surface area contributed by atoms with E-state index >= 15 is 0 Å². The van der Waals surface area contributed by atoms with Crippen LogP contribution in [0, 0.1) is 33.5 Å². The third-order valence-corrected chi connectivity index (χ3v) is 3.90. The predicted molar refractivity (Wildman–Crippen MR) is 78.7 cm³/mol. The number of nitrogens with two attached hydrogens (primary N) is 1. The van der Waals surface area contributed by atoms with Crippen LogP contribution in [0.3, 0.4) is 0 Å². The lowest BCUT2D eigenvalue weighted by atomic mass is 9.89. The summed E-state index contributed by atoms with van der Waals surface area (Å²) >= 11 is 0. The zero-order chi connectivity index (χ0) is 14.2. The minimum Gasteiger partial charge on any atom is -0.326 e. The smallest absolute Gasteiger partial charge is 0.131 e. The van der Waals surface area contributed by atoms with Gasteiger partial charge in [0.05, 0.1) is 0 Å². The zero-order valence-corrected chi connectivity index (χ0v) is 12.0. The molecule has 0 aliphatic heterocycles. The molecular weight excluding hydrogens is 237 g/mol. The Balaban J connectivity index is 2.72. The highest BCUT2D eigenvalue weighted by Gasteiger charge is 2.14. The fourth-order valence-electron chi connectivity index (χ4n) is 2.51. The standard InChI is InChI=1S/C17H20FN/c1-10-7-11(2)13(4)17(12(10)3)15-6-5-14(9-19)8-16(15)18/h5-8H,9,19H2,1-4H3. The molecule has 0 unspecified atom stereocenters. The Kier molecular flexibility index (Phi) is 3.72. The highest BCUT2D eigenvalue weighted by molar-refractivity contribution is 5.74. The SMILES string of the molecule is Cc1cc(C)c(C)c(-c2ccc(CN)cc2F)c1C. The van der Waals surface area contributed by atoms with Crippen molar-refractivity contribution in [2.24, 2.45) is 5.73 Å². The normalized spacial score (nSPS) is 10.8. The molecule has 0 heterocycles. The van der Waals surface area contributed by atoms with Gasteiger partial charge in [-0.25, -0.2) is 4.39 Å². The molecule has 0 spiro atoms. The number of hydrogen-bond donors (Lipinski definition) is 1. The van der Waals surface area contributed by atoms with E-state index in [1.165, 1.54) is 17.2 Å². The maximum Gasteiger partial charge on any atom is 0.131 e. The van der Waals surface area contributed by atoms with Crippen LogP contribution in [-0.2, 0) is 6.54 Å². The molecule has 0 aliphatic carbocycles. The van der Waals surface area contributed by atoms with Gasteiger partial charge >= 0.3 is 0 Å². The highest BCUT2D eigenvalue weighted by Crippen LogP contribution is 2.33. The van der Waals surface area contributed by atoms with Gasteiger partial charge in [-0.1, -0.05) is 18.2 Å². The molecule has 0 bridgehead atoms. The second kappa shape index (κ2) is 5.14. The molecule has 1 nitrogen and oxygen atoms in total. The van der Waals surface area contributed by atoms with Gasteiger partial charge in [-0.2, -0.15) is 0 Å². The van der Waals surface area contributed by atoms with Crippen LogP contribution in [0.25, 0.3) is 11.1 Å². The first-order chi connectivity index (χ1) is 8.95. The van der Waals surface area contributed by atoms with Crippen molar-refractivity contribution >= 4 is 0 Å². The first-order valence-corrected chi connectivity index (χ1v) is 6.52. The summed E-state index contributed by atoms with van der Waals surface area (Å²) in [7, 11) is 0.